The number of hydrogen-bond acceptors (Lipinski definition) is 5. The molecule has 1 N–H and O–H groups in total. The summed E-state index contributed by atoms with van der Waals surface area (Å²) in [6.07, 6.45) is 0. The molecular formula is C13H14BrN3O3. The monoisotopic (exact) mass is 339 g/mol. The highest BCUT2D eigenvalue weighted by Crippen LogP contribution is 2.23. The second-order valence-corrected chi connectivity index (χ2v) is 5.29. The van der Waals surface area contributed by atoms with Crippen molar-refractivity contribution in [3.05, 3.63) is 55.4 Å². The van der Waals surface area contributed by atoms with Crippen LogP contribution in [0.2, 0.25) is 0 Å². The third-order valence-electron chi connectivity index (χ3n) is 3.05. The molecule has 1 aromatic carbocycles. The van der Waals surface area contributed by atoms with Gasteiger partial charge in [-0.25, -0.2) is 0 Å². The zero-order valence-electron chi connectivity index (χ0n) is 11.1. The van der Waals surface area contributed by atoms with Gasteiger partial charge in [0.25, 0.3) is 5.69 Å². The molecule has 2 rings (SSSR count). The number of hydrogen-bond donors (Lipinski definition) is 1. The number of aryl methyl sites for hydroxylation is 2. The molecule has 0 aliphatic rings. The van der Waals surface area contributed by atoms with Crippen molar-refractivity contribution >= 4 is 21.6 Å². The van der Waals surface area contributed by atoms with E-state index in [1.807, 2.05) is 13.8 Å². The third kappa shape index (κ3) is 3.23. The number of nitrogens with zero attached hydrogens (tertiary/aromatic N) is 2. The number of rotatable bonds is 5. The lowest BCUT2D eigenvalue weighted by Crippen LogP contribution is -2.14. The number of nitrogens with one attached hydrogen (secondary N) is 1. The minimum Gasteiger partial charge on any atom is -0.361 e. The van der Waals surface area contributed by atoms with E-state index in [-0.39, 0.29) is 5.69 Å². The molecule has 0 unspecified atom stereocenters. The summed E-state index contributed by atoms with van der Waals surface area (Å²) in [7, 11) is 0. The van der Waals surface area contributed by atoms with E-state index in [2.05, 4.69) is 26.4 Å². The summed E-state index contributed by atoms with van der Waals surface area (Å²) in [5.74, 6) is 0.803. The topological polar surface area (TPSA) is 81.2 Å². The van der Waals surface area contributed by atoms with E-state index in [1.54, 1.807) is 6.07 Å². The Morgan fingerprint density at radius 1 is 1.40 bits per heavy atom. The maximum atomic E-state index is 10.7. The summed E-state index contributed by atoms with van der Waals surface area (Å²) in [5, 5.41) is 17.8. The number of nitro groups is 1. The van der Waals surface area contributed by atoms with Crippen LogP contribution in [-0.2, 0) is 13.1 Å². The van der Waals surface area contributed by atoms with Crippen LogP contribution in [0.3, 0.4) is 0 Å². The first-order chi connectivity index (χ1) is 9.49. The molecule has 1 heterocycles. The fourth-order valence-electron chi connectivity index (χ4n) is 1.87. The molecule has 0 fully saturated rings. The molecule has 7 heteroatoms. The molecule has 6 nitrogen and oxygen atoms in total. The predicted octanol–water partition coefficient (Wildman–Crippen LogP) is 3.25. The van der Waals surface area contributed by atoms with Gasteiger partial charge >= 0.3 is 0 Å². The summed E-state index contributed by atoms with van der Waals surface area (Å²) >= 11 is 3.35. The summed E-state index contributed by atoms with van der Waals surface area (Å²) in [5.41, 5.74) is 2.95. The van der Waals surface area contributed by atoms with Gasteiger partial charge in [0.2, 0.25) is 0 Å². The fraction of sp³-hybridized carbons (Fsp3) is 0.308. The highest BCUT2D eigenvalue weighted by Gasteiger charge is 2.10. The van der Waals surface area contributed by atoms with Gasteiger partial charge in [-0.3, -0.25) is 10.1 Å². The van der Waals surface area contributed by atoms with E-state index >= 15 is 0 Å². The Morgan fingerprint density at radius 3 is 2.70 bits per heavy atom. The van der Waals surface area contributed by atoms with E-state index in [0.717, 1.165) is 27.1 Å². The van der Waals surface area contributed by atoms with Crippen molar-refractivity contribution in [3.63, 3.8) is 0 Å². The van der Waals surface area contributed by atoms with Crippen LogP contribution in [0.25, 0.3) is 0 Å². The number of non-ortho nitro benzene ring substituents is 1. The minimum absolute atomic E-state index is 0.0753. The van der Waals surface area contributed by atoms with Crippen molar-refractivity contribution in [3.8, 4) is 0 Å². The standard InChI is InChI=1S/C13H14BrN3O3/c1-8-12(9(2)20-16-8)7-15-6-10-3-4-11(17(18)19)5-13(10)14/h3-5,15H,6-7H2,1-2H3. The smallest absolute Gasteiger partial charge is 0.270 e. The van der Waals surface area contributed by atoms with Crippen LogP contribution >= 0.6 is 15.9 Å². The van der Waals surface area contributed by atoms with E-state index in [9.17, 15) is 10.1 Å². The summed E-state index contributed by atoms with van der Waals surface area (Å²) in [6.45, 7) is 5.02. The van der Waals surface area contributed by atoms with Gasteiger partial charge in [0.1, 0.15) is 5.76 Å². The second kappa shape index (κ2) is 6.15. The van der Waals surface area contributed by atoms with Crippen molar-refractivity contribution < 1.29 is 9.45 Å². The maximum absolute atomic E-state index is 10.7. The van der Waals surface area contributed by atoms with Crippen LogP contribution in [0.4, 0.5) is 5.69 Å². The lowest BCUT2D eigenvalue weighted by atomic mass is 10.2. The van der Waals surface area contributed by atoms with Gasteiger partial charge in [0.15, 0.2) is 0 Å². The SMILES string of the molecule is Cc1noc(C)c1CNCc1ccc([N+](=O)[O-])cc1Br. The molecule has 0 aliphatic carbocycles. The van der Waals surface area contributed by atoms with Crippen molar-refractivity contribution in [1.82, 2.24) is 10.5 Å². The summed E-state index contributed by atoms with van der Waals surface area (Å²) in [4.78, 5) is 10.2. The fourth-order valence-corrected chi connectivity index (χ4v) is 2.38. The molecule has 0 saturated heterocycles. The second-order valence-electron chi connectivity index (χ2n) is 4.44. The summed E-state index contributed by atoms with van der Waals surface area (Å²) < 4.78 is 5.81. The van der Waals surface area contributed by atoms with Crippen LogP contribution in [0.5, 0.6) is 0 Å². The van der Waals surface area contributed by atoms with Crippen LogP contribution in [0, 0.1) is 24.0 Å². The number of benzene rings is 1. The molecule has 0 amide bonds. The molecule has 0 atom stereocenters. The highest BCUT2D eigenvalue weighted by molar-refractivity contribution is 9.10. The number of halogens is 1. The Kier molecular flexibility index (Phi) is 4.51. The molecule has 106 valence electrons. The Hall–Kier alpha value is -1.73. The Labute approximate surface area is 124 Å². The first-order valence-electron chi connectivity index (χ1n) is 6.04. The molecule has 20 heavy (non-hydrogen) atoms. The van der Waals surface area contributed by atoms with Crippen LogP contribution in [-0.4, -0.2) is 10.1 Å². The third-order valence-corrected chi connectivity index (χ3v) is 3.78. The van der Waals surface area contributed by atoms with E-state index in [1.165, 1.54) is 12.1 Å². The first kappa shape index (κ1) is 14.7. The minimum atomic E-state index is -0.411. The quantitative estimate of drug-likeness (QED) is 0.667. The van der Waals surface area contributed by atoms with Gasteiger partial charge in [-0.1, -0.05) is 21.1 Å². The Morgan fingerprint density at radius 2 is 2.15 bits per heavy atom. The lowest BCUT2D eigenvalue weighted by molar-refractivity contribution is -0.384. The average molecular weight is 340 g/mol. The van der Waals surface area contributed by atoms with E-state index in [4.69, 9.17) is 4.52 Å². The van der Waals surface area contributed by atoms with Crippen molar-refractivity contribution in [2.24, 2.45) is 0 Å². The van der Waals surface area contributed by atoms with Gasteiger partial charge in [-0.05, 0) is 25.5 Å². The predicted molar refractivity (Wildman–Crippen MR) is 77.3 cm³/mol. The van der Waals surface area contributed by atoms with Crippen LogP contribution < -0.4 is 5.32 Å². The van der Waals surface area contributed by atoms with Gasteiger partial charge in [0, 0.05) is 35.3 Å². The van der Waals surface area contributed by atoms with Gasteiger partial charge < -0.3 is 9.84 Å². The van der Waals surface area contributed by atoms with Crippen LogP contribution in [0.15, 0.2) is 27.2 Å². The van der Waals surface area contributed by atoms with Crippen molar-refractivity contribution in [2.75, 3.05) is 0 Å². The Bertz CT molecular complexity index is 620. The van der Waals surface area contributed by atoms with E-state index < -0.39 is 4.92 Å². The Balaban J connectivity index is 2.00. The van der Waals surface area contributed by atoms with Crippen LogP contribution in [0.1, 0.15) is 22.6 Å². The molecule has 0 radical (unpaired) electrons. The molecule has 0 spiro atoms. The molecule has 0 aliphatic heterocycles. The van der Waals surface area contributed by atoms with E-state index in [0.29, 0.717) is 13.1 Å². The molecule has 0 bridgehead atoms. The number of nitro benzene ring substituents is 1. The maximum Gasteiger partial charge on any atom is 0.270 e. The molecule has 0 saturated carbocycles. The number of aromatic nitrogens is 1. The van der Waals surface area contributed by atoms with Crippen molar-refractivity contribution in [2.45, 2.75) is 26.9 Å². The molecular weight excluding hydrogens is 326 g/mol. The highest BCUT2D eigenvalue weighted by atomic mass is 79.9. The van der Waals surface area contributed by atoms with Crippen molar-refractivity contribution in [1.29, 1.82) is 0 Å². The lowest BCUT2D eigenvalue weighted by Gasteiger charge is -2.06. The van der Waals surface area contributed by atoms with Gasteiger partial charge in [-0.2, -0.15) is 0 Å². The largest absolute Gasteiger partial charge is 0.361 e. The zero-order chi connectivity index (χ0) is 14.7. The van der Waals surface area contributed by atoms with Gasteiger partial charge in [0.05, 0.1) is 10.6 Å². The zero-order valence-corrected chi connectivity index (χ0v) is 12.7. The average Bonchev–Trinajstić information content (AvgIpc) is 2.71. The first-order valence-corrected chi connectivity index (χ1v) is 6.83. The summed E-state index contributed by atoms with van der Waals surface area (Å²) in [6, 6.07) is 4.74. The molecule has 2 aromatic rings. The molecule has 1 aromatic heterocycles. The van der Waals surface area contributed by atoms with Gasteiger partial charge in [-0.15, -0.1) is 0 Å². The normalized spacial score (nSPS) is 10.8.